The maximum Gasteiger partial charge on any atom is 0.120 e. The molecule has 0 aliphatic carbocycles. The minimum Gasteiger partial charge on any atom is -0.492 e. The van der Waals surface area contributed by atoms with Crippen LogP contribution in [0.15, 0.2) is 34.9 Å². The van der Waals surface area contributed by atoms with Gasteiger partial charge in [-0.25, -0.2) is 4.68 Å². The quantitative estimate of drug-likeness (QED) is 0.919. The van der Waals surface area contributed by atoms with E-state index in [2.05, 4.69) is 26.2 Å². The number of ether oxygens (including phenoxy) is 1. The molecule has 1 aromatic heterocycles. The summed E-state index contributed by atoms with van der Waals surface area (Å²) in [6, 6.07) is 7.64. The second-order valence-corrected chi connectivity index (χ2v) is 4.92. The van der Waals surface area contributed by atoms with E-state index in [0.717, 1.165) is 15.9 Å². The monoisotopic (exact) mass is 310 g/mol. The highest BCUT2D eigenvalue weighted by Crippen LogP contribution is 2.17. The number of nitrogens with two attached hydrogens (primary N) is 1. The SMILES string of the molecule is CC(N)c1cn(CCOc2cccc(Br)c2)nn1. The minimum atomic E-state index is -0.0928. The van der Waals surface area contributed by atoms with Crippen LogP contribution in [0.3, 0.4) is 0 Å². The molecule has 1 unspecified atom stereocenters. The molecule has 1 atom stereocenters. The van der Waals surface area contributed by atoms with Crippen LogP contribution in [-0.4, -0.2) is 21.6 Å². The molecular weight excluding hydrogens is 296 g/mol. The zero-order valence-corrected chi connectivity index (χ0v) is 11.7. The van der Waals surface area contributed by atoms with Crippen LogP contribution in [0.4, 0.5) is 0 Å². The molecule has 0 spiro atoms. The number of halogens is 1. The highest BCUT2D eigenvalue weighted by atomic mass is 79.9. The average Bonchev–Trinajstić information content (AvgIpc) is 2.78. The lowest BCUT2D eigenvalue weighted by Gasteiger charge is -2.06. The van der Waals surface area contributed by atoms with Crippen LogP contribution >= 0.6 is 15.9 Å². The second kappa shape index (κ2) is 5.97. The molecular formula is C12H15BrN4O. The Morgan fingerprint density at radius 2 is 2.33 bits per heavy atom. The number of aromatic nitrogens is 3. The highest BCUT2D eigenvalue weighted by molar-refractivity contribution is 9.10. The van der Waals surface area contributed by atoms with Crippen LogP contribution in [0.5, 0.6) is 5.75 Å². The fourth-order valence-corrected chi connectivity index (χ4v) is 1.82. The molecule has 0 saturated heterocycles. The maximum atomic E-state index is 5.71. The summed E-state index contributed by atoms with van der Waals surface area (Å²) in [4.78, 5) is 0. The third kappa shape index (κ3) is 3.54. The van der Waals surface area contributed by atoms with Crippen LogP contribution in [0, 0.1) is 0 Å². The third-order valence-electron chi connectivity index (χ3n) is 2.41. The van der Waals surface area contributed by atoms with Crippen molar-refractivity contribution in [2.24, 2.45) is 5.73 Å². The van der Waals surface area contributed by atoms with Crippen molar-refractivity contribution in [2.45, 2.75) is 19.5 Å². The molecule has 5 nitrogen and oxygen atoms in total. The van der Waals surface area contributed by atoms with Gasteiger partial charge in [0.2, 0.25) is 0 Å². The van der Waals surface area contributed by atoms with E-state index in [1.807, 2.05) is 37.4 Å². The number of nitrogens with zero attached hydrogens (tertiary/aromatic N) is 3. The molecule has 0 radical (unpaired) electrons. The molecule has 96 valence electrons. The molecule has 18 heavy (non-hydrogen) atoms. The van der Waals surface area contributed by atoms with Crippen molar-refractivity contribution in [2.75, 3.05) is 6.61 Å². The van der Waals surface area contributed by atoms with E-state index in [1.54, 1.807) is 4.68 Å². The molecule has 2 aromatic rings. The van der Waals surface area contributed by atoms with Crippen molar-refractivity contribution in [1.82, 2.24) is 15.0 Å². The number of rotatable bonds is 5. The fourth-order valence-electron chi connectivity index (χ4n) is 1.45. The largest absolute Gasteiger partial charge is 0.492 e. The average molecular weight is 311 g/mol. The zero-order valence-electron chi connectivity index (χ0n) is 10.1. The van der Waals surface area contributed by atoms with E-state index in [-0.39, 0.29) is 6.04 Å². The van der Waals surface area contributed by atoms with Gasteiger partial charge in [0, 0.05) is 10.5 Å². The van der Waals surface area contributed by atoms with E-state index in [1.165, 1.54) is 0 Å². The molecule has 0 bridgehead atoms. The number of hydrogen-bond acceptors (Lipinski definition) is 4. The van der Waals surface area contributed by atoms with Gasteiger partial charge in [-0.3, -0.25) is 0 Å². The first-order valence-electron chi connectivity index (χ1n) is 5.69. The van der Waals surface area contributed by atoms with Crippen molar-refractivity contribution < 1.29 is 4.74 Å². The molecule has 2 rings (SSSR count). The van der Waals surface area contributed by atoms with Gasteiger partial charge in [-0.2, -0.15) is 0 Å². The Kier molecular flexibility index (Phi) is 4.33. The van der Waals surface area contributed by atoms with Gasteiger partial charge in [-0.05, 0) is 25.1 Å². The van der Waals surface area contributed by atoms with Crippen LogP contribution in [-0.2, 0) is 6.54 Å². The van der Waals surface area contributed by atoms with Gasteiger partial charge >= 0.3 is 0 Å². The van der Waals surface area contributed by atoms with Gasteiger partial charge in [0.25, 0.3) is 0 Å². The Balaban J connectivity index is 1.84. The lowest BCUT2D eigenvalue weighted by Crippen LogP contribution is -2.09. The Hall–Kier alpha value is -1.40. The first-order chi connectivity index (χ1) is 8.65. The zero-order chi connectivity index (χ0) is 13.0. The molecule has 0 aliphatic rings. The number of benzene rings is 1. The second-order valence-electron chi connectivity index (χ2n) is 4.00. The molecule has 2 N–H and O–H groups in total. The summed E-state index contributed by atoms with van der Waals surface area (Å²) < 4.78 is 8.34. The van der Waals surface area contributed by atoms with Crippen LogP contribution in [0.2, 0.25) is 0 Å². The molecule has 0 fully saturated rings. The summed E-state index contributed by atoms with van der Waals surface area (Å²) in [5.41, 5.74) is 6.50. The van der Waals surface area contributed by atoms with E-state index >= 15 is 0 Å². The summed E-state index contributed by atoms with van der Waals surface area (Å²) >= 11 is 3.40. The third-order valence-corrected chi connectivity index (χ3v) is 2.90. The summed E-state index contributed by atoms with van der Waals surface area (Å²) in [7, 11) is 0. The van der Waals surface area contributed by atoms with E-state index in [0.29, 0.717) is 13.2 Å². The van der Waals surface area contributed by atoms with Gasteiger partial charge in [-0.15, -0.1) is 5.10 Å². The van der Waals surface area contributed by atoms with E-state index < -0.39 is 0 Å². The van der Waals surface area contributed by atoms with Crippen LogP contribution in [0.25, 0.3) is 0 Å². The van der Waals surface area contributed by atoms with Gasteiger partial charge in [-0.1, -0.05) is 27.2 Å². The van der Waals surface area contributed by atoms with Gasteiger partial charge in [0.15, 0.2) is 0 Å². The Morgan fingerprint density at radius 1 is 1.50 bits per heavy atom. The highest BCUT2D eigenvalue weighted by Gasteiger charge is 2.04. The van der Waals surface area contributed by atoms with Gasteiger partial charge < -0.3 is 10.5 Å². The molecule has 1 heterocycles. The summed E-state index contributed by atoms with van der Waals surface area (Å²) in [6.45, 7) is 3.07. The van der Waals surface area contributed by atoms with Gasteiger partial charge in [0.1, 0.15) is 12.4 Å². The fraction of sp³-hybridized carbons (Fsp3) is 0.333. The normalized spacial score (nSPS) is 12.4. The molecule has 0 saturated carbocycles. The first kappa shape index (κ1) is 13.0. The minimum absolute atomic E-state index is 0.0928. The lowest BCUT2D eigenvalue weighted by molar-refractivity contribution is 0.289. The van der Waals surface area contributed by atoms with Crippen molar-refractivity contribution in [3.05, 3.63) is 40.6 Å². The Bertz CT molecular complexity index is 512. The van der Waals surface area contributed by atoms with Crippen molar-refractivity contribution >= 4 is 15.9 Å². The smallest absolute Gasteiger partial charge is 0.120 e. The summed E-state index contributed by atoms with van der Waals surface area (Å²) in [5.74, 6) is 0.830. The first-order valence-corrected chi connectivity index (χ1v) is 6.48. The lowest BCUT2D eigenvalue weighted by atomic mass is 10.3. The maximum absolute atomic E-state index is 5.71. The predicted octanol–water partition coefficient (Wildman–Crippen LogP) is 2.14. The van der Waals surface area contributed by atoms with Crippen LogP contribution in [0.1, 0.15) is 18.7 Å². The molecule has 0 aliphatic heterocycles. The molecule has 0 amide bonds. The Morgan fingerprint density at radius 3 is 3.00 bits per heavy atom. The van der Waals surface area contributed by atoms with Crippen LogP contribution < -0.4 is 10.5 Å². The predicted molar refractivity (Wildman–Crippen MR) is 72.3 cm³/mol. The van der Waals surface area contributed by atoms with E-state index in [9.17, 15) is 0 Å². The molecule has 1 aromatic carbocycles. The number of hydrogen-bond donors (Lipinski definition) is 1. The summed E-state index contributed by atoms with van der Waals surface area (Å²) in [6.07, 6.45) is 1.84. The van der Waals surface area contributed by atoms with Crippen molar-refractivity contribution in [1.29, 1.82) is 0 Å². The van der Waals surface area contributed by atoms with Crippen molar-refractivity contribution in [3.63, 3.8) is 0 Å². The topological polar surface area (TPSA) is 66.0 Å². The summed E-state index contributed by atoms with van der Waals surface area (Å²) in [5, 5.41) is 7.96. The van der Waals surface area contributed by atoms with Crippen molar-refractivity contribution in [3.8, 4) is 5.75 Å². The molecule has 6 heteroatoms. The standard InChI is InChI=1S/C12H15BrN4O/c1-9(14)12-8-17(16-15-12)5-6-18-11-4-2-3-10(13)7-11/h2-4,7-9H,5-6,14H2,1H3. The Labute approximate surface area is 114 Å². The van der Waals surface area contributed by atoms with Gasteiger partial charge in [0.05, 0.1) is 18.4 Å². The van der Waals surface area contributed by atoms with E-state index in [4.69, 9.17) is 10.5 Å².